The van der Waals surface area contributed by atoms with E-state index in [1.807, 2.05) is 37.3 Å². The fraction of sp³-hybridized carbons (Fsp3) is 0.412. The topological polar surface area (TPSA) is 9.23 Å². The fourth-order valence-electron chi connectivity index (χ4n) is 5.22. The van der Waals surface area contributed by atoms with Crippen LogP contribution in [-0.2, 0) is 6.42 Å². The van der Waals surface area contributed by atoms with Gasteiger partial charge in [-0.2, -0.15) is 0 Å². The predicted molar refractivity (Wildman–Crippen MR) is 151 cm³/mol. The van der Waals surface area contributed by atoms with Crippen LogP contribution in [0.2, 0.25) is 0 Å². The Labute approximate surface area is 225 Å². The van der Waals surface area contributed by atoms with Crippen LogP contribution < -0.4 is 4.74 Å². The van der Waals surface area contributed by atoms with Crippen molar-refractivity contribution in [3.63, 3.8) is 0 Å². The van der Waals surface area contributed by atoms with E-state index in [1.165, 1.54) is 19.3 Å². The number of ether oxygens (including phenoxy) is 1. The third kappa shape index (κ3) is 7.30. The highest BCUT2D eigenvalue weighted by molar-refractivity contribution is 5.67. The summed E-state index contributed by atoms with van der Waals surface area (Å²) in [7, 11) is 0. The highest BCUT2D eigenvalue weighted by atomic mass is 19.2. The van der Waals surface area contributed by atoms with E-state index in [2.05, 4.69) is 13.0 Å². The Morgan fingerprint density at radius 2 is 1.61 bits per heavy atom. The van der Waals surface area contributed by atoms with Crippen molar-refractivity contribution < 1.29 is 17.9 Å². The lowest BCUT2D eigenvalue weighted by atomic mass is 9.83. The minimum absolute atomic E-state index is 0.298. The zero-order valence-corrected chi connectivity index (χ0v) is 22.7. The molecule has 1 aliphatic carbocycles. The second-order valence-electron chi connectivity index (χ2n) is 10.6. The van der Waals surface area contributed by atoms with Gasteiger partial charge < -0.3 is 4.74 Å². The summed E-state index contributed by atoms with van der Waals surface area (Å²) in [5, 5.41) is 0. The summed E-state index contributed by atoms with van der Waals surface area (Å²) in [6.45, 7) is 4.70. The average Bonchev–Trinajstić information content (AvgIpc) is 2.93. The minimum Gasteiger partial charge on any atom is -0.491 e. The Balaban J connectivity index is 1.29. The van der Waals surface area contributed by atoms with Crippen LogP contribution in [0.3, 0.4) is 0 Å². The Morgan fingerprint density at radius 3 is 2.32 bits per heavy atom. The molecule has 0 heterocycles. The zero-order valence-electron chi connectivity index (χ0n) is 22.7. The number of hydrogen-bond acceptors (Lipinski definition) is 1. The van der Waals surface area contributed by atoms with E-state index < -0.39 is 11.6 Å². The largest absolute Gasteiger partial charge is 0.491 e. The standard InChI is InChI=1S/C34H39F3O/c1-3-4-5-6-7-22-38-32-21-19-29(23-31(32)35)26-15-10-25(11-16-26)12-17-28-18-20-30(34(37)33(28)36)27-13-8-24(2)9-14-27/h8-9,13-15,18-21,23,25H,3-7,10-12,16-17,22H2,1-2H3. The SMILES string of the molecule is CCCCCCCOc1ccc(C2=CCC(CCc3ccc(-c4ccc(C)cc4)c(F)c3F)CC2)cc1F. The van der Waals surface area contributed by atoms with Crippen LogP contribution >= 0.6 is 0 Å². The van der Waals surface area contributed by atoms with Gasteiger partial charge in [0.25, 0.3) is 0 Å². The highest BCUT2D eigenvalue weighted by Crippen LogP contribution is 2.35. The molecule has 0 fully saturated rings. The van der Waals surface area contributed by atoms with E-state index in [-0.39, 0.29) is 5.82 Å². The van der Waals surface area contributed by atoms with Crippen LogP contribution in [-0.4, -0.2) is 6.61 Å². The molecule has 1 unspecified atom stereocenters. The first-order chi connectivity index (χ1) is 18.5. The summed E-state index contributed by atoms with van der Waals surface area (Å²) < 4.78 is 50.0. The van der Waals surface area contributed by atoms with Crippen LogP contribution in [0.5, 0.6) is 5.75 Å². The molecule has 0 N–H and O–H groups in total. The molecule has 3 aromatic rings. The zero-order chi connectivity index (χ0) is 26.9. The third-order valence-corrected chi connectivity index (χ3v) is 7.67. The van der Waals surface area contributed by atoms with E-state index in [4.69, 9.17) is 4.74 Å². The van der Waals surface area contributed by atoms with Crippen molar-refractivity contribution in [1.82, 2.24) is 0 Å². The van der Waals surface area contributed by atoms with Gasteiger partial charge in [0.15, 0.2) is 23.2 Å². The van der Waals surface area contributed by atoms with Crippen LogP contribution in [0.25, 0.3) is 16.7 Å². The average molecular weight is 521 g/mol. The van der Waals surface area contributed by atoms with Crippen molar-refractivity contribution in [2.45, 2.75) is 78.1 Å². The smallest absolute Gasteiger partial charge is 0.166 e. The molecule has 1 atom stereocenters. The summed E-state index contributed by atoms with van der Waals surface area (Å²) in [6, 6.07) is 16.1. The normalized spacial score (nSPS) is 15.4. The molecule has 0 aromatic heterocycles. The number of hydrogen-bond donors (Lipinski definition) is 0. The first kappa shape index (κ1) is 28.0. The van der Waals surface area contributed by atoms with Crippen molar-refractivity contribution in [3.05, 3.63) is 94.8 Å². The number of unbranched alkanes of at least 4 members (excludes halogenated alkanes) is 4. The van der Waals surface area contributed by atoms with E-state index in [9.17, 15) is 13.2 Å². The molecule has 0 saturated heterocycles. The number of halogens is 3. The van der Waals surface area contributed by atoms with Gasteiger partial charge in [-0.25, -0.2) is 13.2 Å². The second kappa shape index (κ2) is 13.7. The number of allylic oxidation sites excluding steroid dienone is 2. The summed E-state index contributed by atoms with van der Waals surface area (Å²) in [5.41, 5.74) is 4.53. The van der Waals surface area contributed by atoms with Gasteiger partial charge in [-0.15, -0.1) is 0 Å². The maximum absolute atomic E-state index is 14.8. The number of rotatable bonds is 12. The van der Waals surface area contributed by atoms with Gasteiger partial charge in [0.05, 0.1) is 6.61 Å². The summed E-state index contributed by atoms with van der Waals surface area (Å²) in [5.74, 6) is -1.11. The van der Waals surface area contributed by atoms with E-state index in [1.54, 1.807) is 24.3 Å². The molecule has 4 rings (SSSR count). The lowest BCUT2D eigenvalue weighted by Crippen LogP contribution is -2.08. The lowest BCUT2D eigenvalue weighted by molar-refractivity contribution is 0.290. The molecular weight excluding hydrogens is 481 g/mol. The predicted octanol–water partition coefficient (Wildman–Crippen LogP) is 10.2. The van der Waals surface area contributed by atoms with E-state index in [0.29, 0.717) is 41.4 Å². The molecule has 3 aromatic carbocycles. The lowest BCUT2D eigenvalue weighted by Gasteiger charge is -2.22. The van der Waals surface area contributed by atoms with Gasteiger partial charge in [-0.05, 0) is 85.8 Å². The summed E-state index contributed by atoms with van der Waals surface area (Å²) in [6.07, 6.45) is 11.8. The molecular formula is C34H39F3O. The first-order valence-electron chi connectivity index (χ1n) is 14.1. The van der Waals surface area contributed by atoms with Gasteiger partial charge in [0.2, 0.25) is 0 Å². The molecule has 1 nitrogen and oxygen atoms in total. The Morgan fingerprint density at radius 1 is 0.842 bits per heavy atom. The maximum atomic E-state index is 14.8. The molecule has 0 aliphatic heterocycles. The molecule has 0 radical (unpaired) electrons. The van der Waals surface area contributed by atoms with Crippen LogP contribution in [0.4, 0.5) is 13.2 Å². The Bertz CT molecular complexity index is 1230. The van der Waals surface area contributed by atoms with Crippen LogP contribution in [0, 0.1) is 30.3 Å². The molecule has 0 amide bonds. The number of benzene rings is 3. The Kier molecular flexibility index (Phi) is 10.1. The molecule has 202 valence electrons. The Hall–Kier alpha value is -3.01. The van der Waals surface area contributed by atoms with Gasteiger partial charge >= 0.3 is 0 Å². The third-order valence-electron chi connectivity index (χ3n) is 7.67. The van der Waals surface area contributed by atoms with Gasteiger partial charge in [-0.1, -0.05) is 86.7 Å². The first-order valence-corrected chi connectivity index (χ1v) is 14.1. The quantitative estimate of drug-likeness (QED) is 0.216. The van der Waals surface area contributed by atoms with Crippen molar-refractivity contribution in [1.29, 1.82) is 0 Å². The van der Waals surface area contributed by atoms with Crippen molar-refractivity contribution >= 4 is 5.57 Å². The molecule has 1 aliphatic rings. The molecule has 38 heavy (non-hydrogen) atoms. The van der Waals surface area contributed by atoms with Gasteiger partial charge in [-0.3, -0.25) is 0 Å². The fourth-order valence-corrected chi connectivity index (χ4v) is 5.22. The minimum atomic E-state index is -0.775. The van der Waals surface area contributed by atoms with Crippen molar-refractivity contribution in [2.75, 3.05) is 6.61 Å². The molecule has 4 heteroatoms. The van der Waals surface area contributed by atoms with Crippen molar-refractivity contribution in [2.24, 2.45) is 5.92 Å². The monoisotopic (exact) mass is 520 g/mol. The van der Waals surface area contributed by atoms with Crippen LogP contribution in [0.15, 0.2) is 60.7 Å². The molecule has 0 spiro atoms. The maximum Gasteiger partial charge on any atom is 0.166 e. The summed E-state index contributed by atoms with van der Waals surface area (Å²) >= 11 is 0. The van der Waals surface area contributed by atoms with E-state index >= 15 is 0 Å². The van der Waals surface area contributed by atoms with Crippen molar-refractivity contribution in [3.8, 4) is 16.9 Å². The highest BCUT2D eigenvalue weighted by Gasteiger charge is 2.19. The molecule has 0 bridgehead atoms. The summed E-state index contributed by atoms with van der Waals surface area (Å²) in [4.78, 5) is 0. The van der Waals surface area contributed by atoms with E-state index in [0.717, 1.165) is 55.2 Å². The second-order valence-corrected chi connectivity index (χ2v) is 10.6. The van der Waals surface area contributed by atoms with Gasteiger partial charge in [0, 0.05) is 5.56 Å². The van der Waals surface area contributed by atoms with Crippen LogP contribution in [0.1, 0.15) is 81.4 Å². The molecule has 0 saturated carbocycles. The number of aryl methyl sites for hydroxylation is 2. The van der Waals surface area contributed by atoms with Gasteiger partial charge in [0.1, 0.15) is 0 Å².